The summed E-state index contributed by atoms with van der Waals surface area (Å²) in [5.41, 5.74) is 1.66. The van der Waals surface area contributed by atoms with Crippen molar-refractivity contribution < 1.29 is 18.6 Å². The molecule has 0 aliphatic rings. The van der Waals surface area contributed by atoms with Gasteiger partial charge >= 0.3 is 5.63 Å². The second kappa shape index (κ2) is 6.04. The molecule has 3 aromatic rings. The van der Waals surface area contributed by atoms with Gasteiger partial charge in [-0.15, -0.1) is 0 Å². The van der Waals surface area contributed by atoms with E-state index in [1.54, 1.807) is 33.5 Å². The summed E-state index contributed by atoms with van der Waals surface area (Å²) in [5, 5.41) is 0.817. The molecule has 118 valence electrons. The zero-order valence-electron chi connectivity index (χ0n) is 13.1. The lowest BCUT2D eigenvalue weighted by molar-refractivity contribution is 0.355. The lowest BCUT2D eigenvalue weighted by atomic mass is 10.0. The lowest BCUT2D eigenvalue weighted by Crippen LogP contribution is -1.99. The highest BCUT2D eigenvalue weighted by Gasteiger charge is 2.12. The van der Waals surface area contributed by atoms with Crippen LogP contribution in [0.4, 0.5) is 0 Å². The summed E-state index contributed by atoms with van der Waals surface area (Å²) >= 11 is 0. The molecule has 1 heterocycles. The van der Waals surface area contributed by atoms with E-state index in [0.29, 0.717) is 22.8 Å². The molecular formula is C18H16O5. The van der Waals surface area contributed by atoms with Crippen LogP contribution in [-0.2, 0) is 0 Å². The van der Waals surface area contributed by atoms with E-state index >= 15 is 0 Å². The van der Waals surface area contributed by atoms with Crippen molar-refractivity contribution in [1.82, 2.24) is 0 Å². The maximum Gasteiger partial charge on any atom is 0.336 e. The van der Waals surface area contributed by atoms with Crippen molar-refractivity contribution in [3.05, 3.63) is 52.9 Å². The first-order valence-electron chi connectivity index (χ1n) is 7.00. The quantitative estimate of drug-likeness (QED) is 0.690. The smallest absolute Gasteiger partial charge is 0.336 e. The minimum atomic E-state index is -0.421. The molecule has 0 fully saturated rings. The van der Waals surface area contributed by atoms with E-state index in [1.165, 1.54) is 6.07 Å². The number of fused-ring (bicyclic) bond motifs is 1. The fourth-order valence-corrected chi connectivity index (χ4v) is 2.51. The van der Waals surface area contributed by atoms with Gasteiger partial charge in [-0.1, -0.05) is 6.07 Å². The summed E-state index contributed by atoms with van der Waals surface area (Å²) in [6.45, 7) is 0. The van der Waals surface area contributed by atoms with Gasteiger partial charge in [-0.3, -0.25) is 0 Å². The van der Waals surface area contributed by atoms with Crippen LogP contribution in [0.3, 0.4) is 0 Å². The molecular weight excluding hydrogens is 296 g/mol. The van der Waals surface area contributed by atoms with Crippen molar-refractivity contribution in [3.8, 4) is 28.4 Å². The van der Waals surface area contributed by atoms with Crippen molar-refractivity contribution in [2.24, 2.45) is 0 Å². The van der Waals surface area contributed by atoms with Gasteiger partial charge in [-0.2, -0.15) is 0 Å². The Labute approximate surface area is 133 Å². The summed E-state index contributed by atoms with van der Waals surface area (Å²) in [6, 6.07) is 12.4. The molecule has 0 atom stereocenters. The highest BCUT2D eigenvalue weighted by atomic mass is 16.5. The van der Waals surface area contributed by atoms with Crippen molar-refractivity contribution in [2.75, 3.05) is 21.3 Å². The number of methoxy groups -OCH3 is 3. The Kier molecular flexibility index (Phi) is 3.93. The predicted octanol–water partition coefficient (Wildman–Crippen LogP) is 3.49. The van der Waals surface area contributed by atoms with Gasteiger partial charge < -0.3 is 18.6 Å². The average molecular weight is 312 g/mol. The molecule has 0 aliphatic heterocycles. The Morgan fingerprint density at radius 3 is 2.30 bits per heavy atom. The zero-order chi connectivity index (χ0) is 16.4. The maximum absolute atomic E-state index is 11.9. The Morgan fingerprint density at radius 1 is 0.826 bits per heavy atom. The second-order valence-corrected chi connectivity index (χ2v) is 4.91. The number of rotatable bonds is 4. The third-order valence-corrected chi connectivity index (χ3v) is 3.65. The fourth-order valence-electron chi connectivity index (χ4n) is 2.51. The summed E-state index contributed by atoms with van der Waals surface area (Å²) in [4.78, 5) is 11.9. The predicted molar refractivity (Wildman–Crippen MR) is 87.6 cm³/mol. The summed E-state index contributed by atoms with van der Waals surface area (Å²) in [6.07, 6.45) is 0. The molecule has 0 aliphatic carbocycles. The Hall–Kier alpha value is -2.95. The van der Waals surface area contributed by atoms with Gasteiger partial charge in [-0.05, 0) is 35.4 Å². The normalized spacial score (nSPS) is 10.6. The van der Waals surface area contributed by atoms with E-state index in [4.69, 9.17) is 18.6 Å². The van der Waals surface area contributed by atoms with Gasteiger partial charge in [0, 0.05) is 17.5 Å². The first-order chi connectivity index (χ1) is 11.2. The zero-order valence-corrected chi connectivity index (χ0v) is 13.1. The molecule has 0 radical (unpaired) electrons. The van der Waals surface area contributed by atoms with Crippen molar-refractivity contribution in [3.63, 3.8) is 0 Å². The molecule has 2 aromatic carbocycles. The second-order valence-electron chi connectivity index (χ2n) is 4.91. The minimum Gasteiger partial charge on any atom is -0.497 e. The van der Waals surface area contributed by atoms with Gasteiger partial charge in [0.1, 0.15) is 11.3 Å². The monoisotopic (exact) mass is 312 g/mol. The average Bonchev–Trinajstić information content (AvgIpc) is 2.59. The van der Waals surface area contributed by atoms with Crippen LogP contribution in [0.15, 0.2) is 51.7 Å². The molecule has 0 saturated carbocycles. The highest BCUT2D eigenvalue weighted by molar-refractivity contribution is 5.94. The number of ether oxygens (including phenoxy) is 3. The summed E-state index contributed by atoms with van der Waals surface area (Å²) < 4.78 is 21.0. The third-order valence-electron chi connectivity index (χ3n) is 3.65. The maximum atomic E-state index is 11.9. The highest BCUT2D eigenvalue weighted by Crippen LogP contribution is 2.35. The van der Waals surface area contributed by atoms with E-state index in [2.05, 4.69) is 0 Å². The Balaban J connectivity index is 2.25. The van der Waals surface area contributed by atoms with Crippen LogP contribution >= 0.6 is 0 Å². The van der Waals surface area contributed by atoms with E-state index in [9.17, 15) is 4.79 Å². The number of hydrogen-bond donors (Lipinski definition) is 0. The van der Waals surface area contributed by atoms with Crippen LogP contribution in [0.25, 0.3) is 22.1 Å². The molecule has 23 heavy (non-hydrogen) atoms. The van der Waals surface area contributed by atoms with Crippen LogP contribution in [0.5, 0.6) is 17.2 Å². The first kappa shape index (κ1) is 15.0. The molecule has 0 unspecified atom stereocenters. The Bertz CT molecular complexity index is 911. The van der Waals surface area contributed by atoms with Gasteiger partial charge in [0.15, 0.2) is 11.5 Å². The van der Waals surface area contributed by atoms with Crippen LogP contribution < -0.4 is 19.8 Å². The molecule has 0 saturated heterocycles. The fraction of sp³-hybridized carbons (Fsp3) is 0.167. The van der Waals surface area contributed by atoms with Crippen molar-refractivity contribution in [2.45, 2.75) is 0 Å². The topological polar surface area (TPSA) is 57.9 Å². The molecule has 3 rings (SSSR count). The van der Waals surface area contributed by atoms with E-state index in [1.807, 2.05) is 24.3 Å². The number of hydrogen-bond acceptors (Lipinski definition) is 5. The van der Waals surface area contributed by atoms with Crippen LogP contribution in [-0.4, -0.2) is 21.3 Å². The van der Waals surface area contributed by atoms with Crippen molar-refractivity contribution >= 4 is 11.0 Å². The first-order valence-corrected chi connectivity index (χ1v) is 7.00. The lowest BCUT2D eigenvalue weighted by Gasteiger charge is -2.11. The van der Waals surface area contributed by atoms with Gasteiger partial charge in [0.25, 0.3) is 0 Å². The van der Waals surface area contributed by atoms with Crippen LogP contribution in [0, 0.1) is 0 Å². The number of benzene rings is 2. The molecule has 5 heteroatoms. The van der Waals surface area contributed by atoms with Gasteiger partial charge in [0.05, 0.1) is 21.3 Å². The SMILES string of the molecule is COc1ccc2c(-c3ccc(OC)c(OC)c3)cc(=O)oc2c1. The molecule has 1 aromatic heterocycles. The third kappa shape index (κ3) is 2.73. The molecule has 0 N–H and O–H groups in total. The summed E-state index contributed by atoms with van der Waals surface area (Å²) in [5.74, 6) is 1.86. The van der Waals surface area contributed by atoms with E-state index < -0.39 is 5.63 Å². The molecule has 0 amide bonds. The van der Waals surface area contributed by atoms with Gasteiger partial charge in [-0.25, -0.2) is 4.79 Å². The van der Waals surface area contributed by atoms with Gasteiger partial charge in [0.2, 0.25) is 0 Å². The molecule has 0 bridgehead atoms. The largest absolute Gasteiger partial charge is 0.497 e. The summed E-state index contributed by atoms with van der Waals surface area (Å²) in [7, 11) is 4.72. The minimum absolute atomic E-state index is 0.421. The molecule has 5 nitrogen and oxygen atoms in total. The van der Waals surface area contributed by atoms with Crippen LogP contribution in [0.2, 0.25) is 0 Å². The Morgan fingerprint density at radius 2 is 1.61 bits per heavy atom. The standard InChI is InChI=1S/C18H16O5/c1-20-12-5-6-13-14(10-18(19)23-16(13)9-12)11-4-7-15(21-2)17(8-11)22-3/h4-10H,1-3H3. The van der Waals surface area contributed by atoms with Crippen molar-refractivity contribution in [1.29, 1.82) is 0 Å². The molecule has 0 spiro atoms. The van der Waals surface area contributed by atoms with E-state index in [0.717, 1.165) is 16.5 Å². The van der Waals surface area contributed by atoms with Crippen LogP contribution in [0.1, 0.15) is 0 Å². The van der Waals surface area contributed by atoms with E-state index in [-0.39, 0.29) is 0 Å².